The molecule has 0 amide bonds. The Morgan fingerprint density at radius 3 is 3.00 bits per heavy atom. The minimum absolute atomic E-state index is 0.765. The summed E-state index contributed by atoms with van der Waals surface area (Å²) >= 11 is 0. The Balaban J connectivity index is 1.42. The Labute approximate surface area is 109 Å². The van der Waals surface area contributed by atoms with Crippen molar-refractivity contribution in [1.82, 2.24) is 19.8 Å². The predicted octanol–water partition coefficient (Wildman–Crippen LogP) is 1.35. The molecule has 1 saturated carbocycles. The summed E-state index contributed by atoms with van der Waals surface area (Å²) in [5, 5.41) is 3.72. The second kappa shape index (κ2) is 5.85. The summed E-state index contributed by atoms with van der Waals surface area (Å²) in [6, 6.07) is 0.765. The van der Waals surface area contributed by atoms with Gasteiger partial charge in [-0.3, -0.25) is 0 Å². The number of hydrogen-bond acceptors (Lipinski definition) is 3. The maximum atomic E-state index is 4.09. The average molecular weight is 248 g/mol. The van der Waals surface area contributed by atoms with E-state index in [1.165, 1.54) is 51.9 Å². The first-order valence-electron chi connectivity index (χ1n) is 7.33. The van der Waals surface area contributed by atoms with Crippen molar-refractivity contribution in [3.63, 3.8) is 0 Å². The molecule has 0 radical (unpaired) electrons. The molecule has 0 spiro atoms. The molecule has 1 unspecified atom stereocenters. The quantitative estimate of drug-likeness (QED) is 0.854. The fraction of sp³-hybridized carbons (Fsp3) is 0.786. The molecule has 2 aliphatic rings. The number of aromatic nitrogens is 2. The molecule has 4 heteroatoms. The number of nitrogens with zero attached hydrogens (tertiary/aromatic N) is 3. The van der Waals surface area contributed by atoms with Crippen LogP contribution in [0.5, 0.6) is 0 Å². The van der Waals surface area contributed by atoms with E-state index in [2.05, 4.69) is 26.0 Å². The summed E-state index contributed by atoms with van der Waals surface area (Å²) in [7, 11) is 0. The van der Waals surface area contributed by atoms with Gasteiger partial charge in [0.1, 0.15) is 0 Å². The number of nitrogens with one attached hydrogen (secondary N) is 1. The van der Waals surface area contributed by atoms with Gasteiger partial charge < -0.3 is 14.8 Å². The van der Waals surface area contributed by atoms with Gasteiger partial charge in [0.05, 0.1) is 6.33 Å². The van der Waals surface area contributed by atoms with Gasteiger partial charge in [-0.25, -0.2) is 4.98 Å². The van der Waals surface area contributed by atoms with Gasteiger partial charge in [0.25, 0.3) is 0 Å². The Kier molecular flexibility index (Phi) is 3.96. The Morgan fingerprint density at radius 2 is 2.22 bits per heavy atom. The highest BCUT2D eigenvalue weighted by Crippen LogP contribution is 2.33. The van der Waals surface area contributed by atoms with Crippen LogP contribution in [0.25, 0.3) is 0 Å². The van der Waals surface area contributed by atoms with Crippen molar-refractivity contribution in [1.29, 1.82) is 0 Å². The molecule has 2 heterocycles. The molecule has 1 aliphatic carbocycles. The van der Waals surface area contributed by atoms with Crippen LogP contribution in [0.15, 0.2) is 18.7 Å². The molecule has 0 aromatic carbocycles. The maximum Gasteiger partial charge on any atom is 0.0945 e. The van der Waals surface area contributed by atoms with E-state index < -0.39 is 0 Å². The Hall–Kier alpha value is -0.870. The third-order valence-electron chi connectivity index (χ3n) is 4.15. The summed E-state index contributed by atoms with van der Waals surface area (Å²) in [6.45, 7) is 6.05. The molecule has 1 N–H and O–H groups in total. The molecular weight excluding hydrogens is 224 g/mol. The molecule has 3 rings (SSSR count). The van der Waals surface area contributed by atoms with Crippen LogP contribution in [0.3, 0.4) is 0 Å². The topological polar surface area (TPSA) is 33.1 Å². The first-order chi connectivity index (χ1) is 8.92. The van der Waals surface area contributed by atoms with E-state index in [9.17, 15) is 0 Å². The van der Waals surface area contributed by atoms with Gasteiger partial charge in [-0.05, 0) is 51.2 Å². The zero-order chi connectivity index (χ0) is 12.2. The summed E-state index contributed by atoms with van der Waals surface area (Å²) in [5.41, 5.74) is 0. The third-order valence-corrected chi connectivity index (χ3v) is 4.15. The van der Waals surface area contributed by atoms with Crippen molar-refractivity contribution in [3.05, 3.63) is 18.7 Å². The summed E-state index contributed by atoms with van der Waals surface area (Å²) in [6.07, 6.45) is 11.2. The number of aryl methyl sites for hydroxylation is 1. The summed E-state index contributed by atoms with van der Waals surface area (Å²) in [4.78, 5) is 6.74. The van der Waals surface area contributed by atoms with Crippen molar-refractivity contribution in [2.45, 2.75) is 38.3 Å². The normalized spacial score (nSPS) is 26.1. The number of hydrogen-bond donors (Lipinski definition) is 1. The fourth-order valence-corrected chi connectivity index (χ4v) is 2.94. The minimum Gasteiger partial charge on any atom is -0.337 e. The second-order valence-corrected chi connectivity index (χ2v) is 5.71. The molecule has 100 valence electrons. The van der Waals surface area contributed by atoms with Crippen LogP contribution < -0.4 is 5.32 Å². The molecular formula is C14H24N4. The zero-order valence-electron chi connectivity index (χ0n) is 11.1. The first-order valence-corrected chi connectivity index (χ1v) is 7.33. The maximum absolute atomic E-state index is 4.09. The van der Waals surface area contributed by atoms with Gasteiger partial charge in [0, 0.05) is 31.5 Å². The summed E-state index contributed by atoms with van der Waals surface area (Å²) in [5.74, 6) is 0.972. The molecule has 18 heavy (non-hydrogen) atoms. The zero-order valence-corrected chi connectivity index (χ0v) is 11.1. The Morgan fingerprint density at radius 1 is 1.28 bits per heavy atom. The van der Waals surface area contributed by atoms with Crippen LogP contribution in [0.1, 0.15) is 25.7 Å². The number of imidazole rings is 1. The van der Waals surface area contributed by atoms with Crippen molar-refractivity contribution in [2.24, 2.45) is 5.92 Å². The van der Waals surface area contributed by atoms with Crippen LogP contribution in [0.4, 0.5) is 0 Å². The van der Waals surface area contributed by atoms with Gasteiger partial charge >= 0.3 is 0 Å². The SMILES string of the molecule is c1cn(CCCN2CCCNC(C3CC3)C2)cn1. The molecule has 0 bridgehead atoms. The highest BCUT2D eigenvalue weighted by molar-refractivity contribution is 4.90. The largest absolute Gasteiger partial charge is 0.337 e. The van der Waals surface area contributed by atoms with E-state index in [0.717, 1.165) is 18.5 Å². The smallest absolute Gasteiger partial charge is 0.0945 e. The molecule has 1 aliphatic heterocycles. The van der Waals surface area contributed by atoms with Crippen molar-refractivity contribution in [3.8, 4) is 0 Å². The molecule has 1 aromatic rings. The van der Waals surface area contributed by atoms with E-state index in [4.69, 9.17) is 0 Å². The van der Waals surface area contributed by atoms with Crippen LogP contribution >= 0.6 is 0 Å². The third kappa shape index (κ3) is 3.33. The van der Waals surface area contributed by atoms with E-state index in [1.807, 2.05) is 12.5 Å². The molecule has 1 atom stereocenters. The van der Waals surface area contributed by atoms with Crippen molar-refractivity contribution < 1.29 is 0 Å². The molecule has 1 aromatic heterocycles. The Bertz CT molecular complexity index is 345. The molecule has 1 saturated heterocycles. The minimum atomic E-state index is 0.765. The van der Waals surface area contributed by atoms with E-state index in [1.54, 1.807) is 0 Å². The number of rotatable bonds is 5. The van der Waals surface area contributed by atoms with E-state index in [0.29, 0.717) is 0 Å². The van der Waals surface area contributed by atoms with Gasteiger partial charge in [-0.2, -0.15) is 0 Å². The van der Waals surface area contributed by atoms with Gasteiger partial charge in [0.2, 0.25) is 0 Å². The highest BCUT2D eigenvalue weighted by atomic mass is 15.2. The van der Waals surface area contributed by atoms with Crippen LogP contribution in [-0.2, 0) is 6.54 Å². The first kappa shape index (κ1) is 12.2. The van der Waals surface area contributed by atoms with Crippen LogP contribution in [0.2, 0.25) is 0 Å². The second-order valence-electron chi connectivity index (χ2n) is 5.71. The lowest BCUT2D eigenvalue weighted by Crippen LogP contribution is -2.39. The lowest BCUT2D eigenvalue weighted by atomic mass is 10.2. The highest BCUT2D eigenvalue weighted by Gasteiger charge is 2.32. The monoisotopic (exact) mass is 248 g/mol. The van der Waals surface area contributed by atoms with Crippen LogP contribution in [-0.4, -0.2) is 46.7 Å². The van der Waals surface area contributed by atoms with Crippen molar-refractivity contribution in [2.75, 3.05) is 26.2 Å². The van der Waals surface area contributed by atoms with E-state index >= 15 is 0 Å². The summed E-state index contributed by atoms with van der Waals surface area (Å²) < 4.78 is 2.18. The van der Waals surface area contributed by atoms with Gasteiger partial charge in [0.15, 0.2) is 0 Å². The van der Waals surface area contributed by atoms with E-state index in [-0.39, 0.29) is 0 Å². The molecule has 4 nitrogen and oxygen atoms in total. The molecule has 2 fully saturated rings. The standard InChI is InChI=1S/C14H24N4/c1-5-16-14(13-3-4-13)11-17(7-1)8-2-9-18-10-6-15-12-18/h6,10,12-14,16H,1-5,7-9,11H2. The lowest BCUT2D eigenvalue weighted by Gasteiger charge is -2.24. The fourth-order valence-electron chi connectivity index (χ4n) is 2.94. The van der Waals surface area contributed by atoms with Gasteiger partial charge in [-0.1, -0.05) is 0 Å². The van der Waals surface area contributed by atoms with Gasteiger partial charge in [-0.15, -0.1) is 0 Å². The van der Waals surface area contributed by atoms with Crippen LogP contribution in [0, 0.1) is 5.92 Å². The average Bonchev–Trinajstić information content (AvgIpc) is 3.13. The van der Waals surface area contributed by atoms with Crippen molar-refractivity contribution >= 4 is 0 Å². The predicted molar refractivity (Wildman–Crippen MR) is 72.4 cm³/mol. The lowest BCUT2D eigenvalue weighted by molar-refractivity contribution is 0.251.